The molecule has 0 aliphatic heterocycles. The topological polar surface area (TPSA) is 63.4 Å². The molecule has 7 heteroatoms. The quantitative estimate of drug-likeness (QED) is 0.839. The Morgan fingerprint density at radius 2 is 1.90 bits per heavy atom. The molecule has 2 aromatic carbocycles. The van der Waals surface area contributed by atoms with Gasteiger partial charge in [-0.05, 0) is 29.8 Å². The first-order valence-corrected chi connectivity index (χ1v) is 8.30. The van der Waals surface area contributed by atoms with Gasteiger partial charge in [0, 0.05) is 18.1 Å². The molecule has 0 saturated heterocycles. The van der Waals surface area contributed by atoms with Gasteiger partial charge in [-0.3, -0.25) is 0 Å². The minimum absolute atomic E-state index is 0.0315. The molecule has 112 valence electrons. The van der Waals surface area contributed by atoms with Crippen molar-refractivity contribution in [3.63, 3.8) is 0 Å². The number of sulfonamides is 1. The Morgan fingerprint density at radius 3 is 2.52 bits per heavy atom. The zero-order chi connectivity index (χ0) is 15.6. The molecule has 0 heterocycles. The number of hydrogen-bond acceptors (Lipinski definition) is 3. The average Bonchev–Trinajstić information content (AvgIpc) is 2.44. The van der Waals surface area contributed by atoms with E-state index in [9.17, 15) is 12.8 Å². The molecular weight excluding hydrogens is 359 g/mol. The zero-order valence-corrected chi connectivity index (χ0v) is 13.7. The van der Waals surface area contributed by atoms with E-state index in [4.69, 9.17) is 5.73 Å². The molecule has 0 bridgehead atoms. The predicted octanol–water partition coefficient (Wildman–Crippen LogP) is 2.99. The summed E-state index contributed by atoms with van der Waals surface area (Å²) in [4.78, 5) is -0.0315. The molecule has 0 radical (unpaired) electrons. The summed E-state index contributed by atoms with van der Waals surface area (Å²) >= 11 is 3.38. The van der Waals surface area contributed by atoms with E-state index in [1.54, 1.807) is 0 Å². The lowest BCUT2D eigenvalue weighted by molar-refractivity contribution is 0.466. The Hall–Kier alpha value is -1.44. The Morgan fingerprint density at radius 1 is 1.24 bits per heavy atom. The Labute approximate surface area is 131 Å². The number of rotatable bonds is 4. The maximum atomic E-state index is 13.1. The molecule has 2 rings (SSSR count). The van der Waals surface area contributed by atoms with Gasteiger partial charge in [-0.1, -0.05) is 34.1 Å². The van der Waals surface area contributed by atoms with Crippen molar-refractivity contribution in [2.24, 2.45) is 0 Å². The van der Waals surface area contributed by atoms with Gasteiger partial charge in [0.1, 0.15) is 5.82 Å². The van der Waals surface area contributed by atoms with Crippen molar-refractivity contribution in [3.8, 4) is 0 Å². The molecule has 2 aromatic rings. The lowest BCUT2D eigenvalue weighted by Gasteiger charge is -2.18. The first kappa shape index (κ1) is 15.9. The van der Waals surface area contributed by atoms with Crippen molar-refractivity contribution in [3.05, 3.63) is 58.3 Å². The third-order valence-corrected chi connectivity index (χ3v) is 5.60. The predicted molar refractivity (Wildman–Crippen MR) is 83.6 cm³/mol. The van der Waals surface area contributed by atoms with E-state index in [1.807, 2.05) is 24.3 Å². The first-order chi connectivity index (χ1) is 9.82. The second kappa shape index (κ2) is 6.13. The van der Waals surface area contributed by atoms with Crippen molar-refractivity contribution in [1.29, 1.82) is 0 Å². The maximum Gasteiger partial charge on any atom is 0.243 e. The van der Waals surface area contributed by atoms with Gasteiger partial charge in [0.15, 0.2) is 0 Å². The van der Waals surface area contributed by atoms with E-state index in [0.717, 1.165) is 22.2 Å². The van der Waals surface area contributed by atoms with Gasteiger partial charge in [0.25, 0.3) is 0 Å². The number of benzene rings is 2. The SMILES string of the molecule is CN(Cc1ccccc1Br)S(=O)(=O)c1ccc(F)c(N)c1. The van der Waals surface area contributed by atoms with E-state index >= 15 is 0 Å². The summed E-state index contributed by atoms with van der Waals surface area (Å²) in [5.41, 5.74) is 6.07. The van der Waals surface area contributed by atoms with Crippen LogP contribution in [0.5, 0.6) is 0 Å². The van der Waals surface area contributed by atoms with Gasteiger partial charge in [-0.2, -0.15) is 4.31 Å². The van der Waals surface area contributed by atoms with Gasteiger partial charge in [-0.15, -0.1) is 0 Å². The summed E-state index contributed by atoms with van der Waals surface area (Å²) in [6.07, 6.45) is 0. The Balaban J connectivity index is 2.30. The lowest BCUT2D eigenvalue weighted by Crippen LogP contribution is -2.26. The standard InChI is InChI=1S/C14H14BrFN2O2S/c1-18(9-10-4-2-3-5-12(10)15)21(19,20)11-6-7-13(16)14(17)8-11/h2-8H,9,17H2,1H3. The fourth-order valence-electron chi connectivity index (χ4n) is 1.81. The Bertz CT molecular complexity index is 765. The normalized spacial score (nSPS) is 11.8. The third kappa shape index (κ3) is 3.42. The van der Waals surface area contributed by atoms with Crippen LogP contribution in [0.4, 0.5) is 10.1 Å². The van der Waals surface area contributed by atoms with Crippen molar-refractivity contribution in [2.75, 3.05) is 12.8 Å². The van der Waals surface area contributed by atoms with Gasteiger partial charge in [0.2, 0.25) is 10.0 Å². The summed E-state index contributed by atoms with van der Waals surface area (Å²) in [7, 11) is -2.26. The fourth-order valence-corrected chi connectivity index (χ4v) is 3.41. The molecular formula is C14H14BrFN2O2S. The molecule has 0 unspecified atom stereocenters. The number of nitrogens with two attached hydrogens (primary N) is 1. The summed E-state index contributed by atoms with van der Waals surface area (Å²) in [5, 5.41) is 0. The zero-order valence-electron chi connectivity index (χ0n) is 11.3. The van der Waals surface area contributed by atoms with E-state index in [1.165, 1.54) is 17.4 Å². The van der Waals surface area contributed by atoms with Crippen molar-refractivity contribution in [1.82, 2.24) is 4.31 Å². The molecule has 0 fully saturated rings. The van der Waals surface area contributed by atoms with Crippen LogP contribution in [0.1, 0.15) is 5.56 Å². The number of anilines is 1. The van der Waals surface area contributed by atoms with E-state index in [0.29, 0.717) is 0 Å². The smallest absolute Gasteiger partial charge is 0.243 e. The number of nitrogens with zero attached hydrogens (tertiary/aromatic N) is 1. The Kier molecular flexibility index (Phi) is 4.65. The first-order valence-electron chi connectivity index (χ1n) is 6.07. The largest absolute Gasteiger partial charge is 0.396 e. The number of nitrogen functional groups attached to an aromatic ring is 1. The van der Waals surface area contributed by atoms with E-state index in [-0.39, 0.29) is 17.1 Å². The molecule has 0 aliphatic rings. The van der Waals surface area contributed by atoms with Crippen molar-refractivity contribution >= 4 is 31.6 Å². The van der Waals surface area contributed by atoms with Crippen LogP contribution in [-0.4, -0.2) is 19.8 Å². The molecule has 0 aromatic heterocycles. The fraction of sp³-hybridized carbons (Fsp3) is 0.143. The van der Waals surface area contributed by atoms with Crippen molar-refractivity contribution < 1.29 is 12.8 Å². The lowest BCUT2D eigenvalue weighted by atomic mass is 10.2. The van der Waals surface area contributed by atoms with Crippen LogP contribution in [0.3, 0.4) is 0 Å². The van der Waals surface area contributed by atoms with Crippen LogP contribution >= 0.6 is 15.9 Å². The molecule has 0 spiro atoms. The van der Waals surface area contributed by atoms with Gasteiger partial charge >= 0.3 is 0 Å². The molecule has 2 N–H and O–H groups in total. The van der Waals surface area contributed by atoms with Crippen molar-refractivity contribution in [2.45, 2.75) is 11.4 Å². The average molecular weight is 373 g/mol. The van der Waals surface area contributed by atoms with Crippen LogP contribution < -0.4 is 5.73 Å². The van der Waals surface area contributed by atoms with Crippen LogP contribution in [0.2, 0.25) is 0 Å². The highest BCUT2D eigenvalue weighted by Crippen LogP contribution is 2.23. The summed E-state index contributed by atoms with van der Waals surface area (Å²) in [6.45, 7) is 0.195. The van der Waals surface area contributed by atoms with Crippen LogP contribution in [0.15, 0.2) is 51.8 Å². The molecule has 4 nitrogen and oxygen atoms in total. The number of halogens is 2. The van der Waals surface area contributed by atoms with Crippen LogP contribution in [0.25, 0.3) is 0 Å². The summed E-state index contributed by atoms with van der Waals surface area (Å²) < 4.78 is 40.1. The maximum absolute atomic E-state index is 13.1. The highest BCUT2D eigenvalue weighted by Gasteiger charge is 2.22. The van der Waals surface area contributed by atoms with Crippen LogP contribution in [0, 0.1) is 5.82 Å². The van der Waals surface area contributed by atoms with E-state index in [2.05, 4.69) is 15.9 Å². The van der Waals surface area contributed by atoms with Gasteiger partial charge < -0.3 is 5.73 Å². The highest BCUT2D eigenvalue weighted by atomic mass is 79.9. The molecule has 0 amide bonds. The number of hydrogen-bond donors (Lipinski definition) is 1. The van der Waals surface area contributed by atoms with E-state index < -0.39 is 15.8 Å². The van der Waals surface area contributed by atoms with Gasteiger partial charge in [0.05, 0.1) is 10.6 Å². The minimum atomic E-state index is -3.73. The summed E-state index contributed by atoms with van der Waals surface area (Å²) in [5.74, 6) is -0.637. The minimum Gasteiger partial charge on any atom is -0.396 e. The molecule has 0 saturated carbocycles. The molecule has 0 aliphatic carbocycles. The second-order valence-electron chi connectivity index (χ2n) is 4.54. The highest BCUT2D eigenvalue weighted by molar-refractivity contribution is 9.10. The van der Waals surface area contributed by atoms with Crippen LogP contribution in [-0.2, 0) is 16.6 Å². The van der Waals surface area contributed by atoms with Gasteiger partial charge in [-0.25, -0.2) is 12.8 Å². The second-order valence-corrected chi connectivity index (χ2v) is 7.44. The summed E-state index contributed by atoms with van der Waals surface area (Å²) in [6, 6.07) is 10.7. The molecule has 21 heavy (non-hydrogen) atoms. The third-order valence-electron chi connectivity index (χ3n) is 3.03. The monoisotopic (exact) mass is 372 g/mol. The molecule has 0 atom stereocenters.